The maximum absolute atomic E-state index is 10.6. The number of nitro groups is 1. The zero-order chi connectivity index (χ0) is 14.5. The summed E-state index contributed by atoms with van der Waals surface area (Å²) in [4.78, 5) is 10.1. The van der Waals surface area contributed by atoms with Gasteiger partial charge in [0.1, 0.15) is 6.07 Å². The molecule has 0 aromatic heterocycles. The molecule has 0 unspecified atom stereocenters. The Morgan fingerprint density at radius 2 is 1.95 bits per heavy atom. The second-order valence-electron chi connectivity index (χ2n) is 4.05. The first-order valence-corrected chi connectivity index (χ1v) is 6.15. The van der Waals surface area contributed by atoms with E-state index in [1.807, 2.05) is 0 Å². The summed E-state index contributed by atoms with van der Waals surface area (Å²) in [7, 11) is 0. The molecule has 20 heavy (non-hydrogen) atoms. The fourth-order valence-electron chi connectivity index (χ4n) is 1.72. The molecule has 0 bridgehead atoms. The van der Waals surface area contributed by atoms with Gasteiger partial charge in [0.05, 0.1) is 21.2 Å². The third-order valence-corrected chi connectivity index (χ3v) is 3.07. The highest BCUT2D eigenvalue weighted by molar-refractivity contribution is 6.33. The molecule has 0 radical (unpaired) electrons. The van der Waals surface area contributed by atoms with Crippen molar-refractivity contribution in [3.05, 3.63) is 68.7 Å². The minimum atomic E-state index is -0.445. The molecule has 0 spiro atoms. The summed E-state index contributed by atoms with van der Waals surface area (Å²) in [6.07, 6.45) is 0. The molecule has 100 valence electrons. The molecule has 0 atom stereocenters. The number of nitrogens with zero attached hydrogens (tertiary/aromatic N) is 2. The Balaban J connectivity index is 2.13. The van der Waals surface area contributed by atoms with Crippen LogP contribution in [0.5, 0.6) is 0 Å². The van der Waals surface area contributed by atoms with Crippen molar-refractivity contribution in [2.45, 2.75) is 6.54 Å². The fourth-order valence-corrected chi connectivity index (χ4v) is 1.96. The monoisotopic (exact) mass is 287 g/mol. The number of nitriles is 1. The number of nitrogens with one attached hydrogen (secondary N) is 1. The molecular formula is C14H10ClN3O2. The Kier molecular flexibility index (Phi) is 4.18. The predicted molar refractivity (Wildman–Crippen MR) is 76.6 cm³/mol. The van der Waals surface area contributed by atoms with Crippen molar-refractivity contribution in [3.8, 4) is 6.07 Å². The van der Waals surface area contributed by atoms with Gasteiger partial charge in [0.15, 0.2) is 0 Å². The van der Waals surface area contributed by atoms with E-state index < -0.39 is 4.92 Å². The molecule has 0 fully saturated rings. The third-order valence-electron chi connectivity index (χ3n) is 2.75. The van der Waals surface area contributed by atoms with E-state index in [4.69, 9.17) is 16.9 Å². The van der Waals surface area contributed by atoms with Gasteiger partial charge < -0.3 is 5.32 Å². The number of halogens is 1. The van der Waals surface area contributed by atoms with Gasteiger partial charge in [-0.1, -0.05) is 29.8 Å². The van der Waals surface area contributed by atoms with E-state index in [9.17, 15) is 10.1 Å². The smallest absolute Gasteiger partial charge is 0.269 e. The topological polar surface area (TPSA) is 79.0 Å². The first-order chi connectivity index (χ1) is 9.61. The van der Waals surface area contributed by atoms with Crippen molar-refractivity contribution in [1.29, 1.82) is 5.26 Å². The molecule has 2 aromatic rings. The molecule has 6 heteroatoms. The molecule has 0 heterocycles. The van der Waals surface area contributed by atoms with Gasteiger partial charge in [-0.2, -0.15) is 5.26 Å². The lowest BCUT2D eigenvalue weighted by Crippen LogP contribution is -2.02. The first-order valence-electron chi connectivity index (χ1n) is 5.77. The highest BCUT2D eigenvalue weighted by Gasteiger charge is 2.07. The minimum Gasteiger partial charge on any atom is -0.379 e. The molecule has 0 saturated heterocycles. The minimum absolute atomic E-state index is 0.0456. The highest BCUT2D eigenvalue weighted by atomic mass is 35.5. The van der Waals surface area contributed by atoms with E-state index in [0.29, 0.717) is 22.8 Å². The van der Waals surface area contributed by atoms with Crippen LogP contribution in [0.25, 0.3) is 0 Å². The van der Waals surface area contributed by atoms with E-state index in [-0.39, 0.29) is 5.69 Å². The van der Waals surface area contributed by atoms with Crippen LogP contribution in [0.15, 0.2) is 42.5 Å². The maximum atomic E-state index is 10.6. The van der Waals surface area contributed by atoms with Crippen molar-refractivity contribution in [3.63, 3.8) is 0 Å². The Morgan fingerprint density at radius 3 is 2.55 bits per heavy atom. The Bertz CT molecular complexity index is 678. The van der Waals surface area contributed by atoms with Crippen LogP contribution in [0.2, 0.25) is 5.02 Å². The molecule has 0 aliphatic rings. The van der Waals surface area contributed by atoms with Crippen LogP contribution in [-0.2, 0) is 6.54 Å². The summed E-state index contributed by atoms with van der Waals surface area (Å²) in [5.74, 6) is 0. The average molecular weight is 288 g/mol. The molecule has 0 saturated carbocycles. The van der Waals surface area contributed by atoms with Gasteiger partial charge in [0.25, 0.3) is 5.69 Å². The first kappa shape index (κ1) is 13.8. The highest BCUT2D eigenvalue weighted by Crippen LogP contribution is 2.26. The Morgan fingerprint density at radius 1 is 1.25 bits per heavy atom. The molecular weight excluding hydrogens is 278 g/mol. The zero-order valence-electron chi connectivity index (χ0n) is 10.3. The number of anilines is 1. The summed E-state index contributed by atoms with van der Waals surface area (Å²) in [6.45, 7) is 0.427. The van der Waals surface area contributed by atoms with Crippen LogP contribution in [0.1, 0.15) is 11.1 Å². The van der Waals surface area contributed by atoms with Gasteiger partial charge in [0, 0.05) is 18.7 Å². The Hall–Kier alpha value is -2.58. The lowest BCUT2D eigenvalue weighted by atomic mass is 10.1. The van der Waals surface area contributed by atoms with Crippen molar-refractivity contribution >= 4 is 23.0 Å². The van der Waals surface area contributed by atoms with E-state index in [1.54, 1.807) is 30.3 Å². The van der Waals surface area contributed by atoms with Crippen LogP contribution in [0, 0.1) is 21.4 Å². The van der Waals surface area contributed by atoms with Gasteiger partial charge in [0.2, 0.25) is 0 Å². The lowest BCUT2D eigenvalue weighted by Gasteiger charge is -2.10. The van der Waals surface area contributed by atoms with Crippen LogP contribution in [0.4, 0.5) is 11.4 Å². The van der Waals surface area contributed by atoms with Gasteiger partial charge in [-0.15, -0.1) is 0 Å². The van der Waals surface area contributed by atoms with E-state index in [1.165, 1.54) is 12.1 Å². The number of hydrogen-bond acceptors (Lipinski definition) is 4. The summed E-state index contributed by atoms with van der Waals surface area (Å²) in [5, 5.41) is 23.1. The van der Waals surface area contributed by atoms with Crippen molar-refractivity contribution < 1.29 is 4.92 Å². The van der Waals surface area contributed by atoms with E-state index >= 15 is 0 Å². The van der Waals surface area contributed by atoms with Crippen molar-refractivity contribution in [1.82, 2.24) is 0 Å². The van der Waals surface area contributed by atoms with Crippen LogP contribution >= 0.6 is 11.6 Å². The van der Waals surface area contributed by atoms with E-state index in [0.717, 1.165) is 5.56 Å². The second-order valence-corrected chi connectivity index (χ2v) is 4.46. The number of hydrogen-bond donors (Lipinski definition) is 1. The molecule has 2 aromatic carbocycles. The van der Waals surface area contributed by atoms with Crippen LogP contribution < -0.4 is 5.32 Å². The van der Waals surface area contributed by atoms with Gasteiger partial charge >= 0.3 is 0 Å². The molecule has 1 N–H and O–H groups in total. The number of nitro benzene ring substituents is 1. The third kappa shape index (κ3) is 3.05. The van der Waals surface area contributed by atoms with Gasteiger partial charge in [-0.3, -0.25) is 10.1 Å². The summed E-state index contributed by atoms with van der Waals surface area (Å²) >= 11 is 6.04. The maximum Gasteiger partial charge on any atom is 0.269 e. The van der Waals surface area contributed by atoms with Crippen LogP contribution in [-0.4, -0.2) is 4.92 Å². The van der Waals surface area contributed by atoms with Crippen molar-refractivity contribution in [2.24, 2.45) is 0 Å². The van der Waals surface area contributed by atoms with E-state index in [2.05, 4.69) is 11.4 Å². The van der Waals surface area contributed by atoms with Crippen LogP contribution in [0.3, 0.4) is 0 Å². The SMILES string of the molecule is N#Cc1cccc(Cl)c1NCc1ccc([N+](=O)[O-])cc1. The lowest BCUT2D eigenvalue weighted by molar-refractivity contribution is -0.384. The van der Waals surface area contributed by atoms with Gasteiger partial charge in [-0.25, -0.2) is 0 Å². The summed E-state index contributed by atoms with van der Waals surface area (Å²) in [6, 6.07) is 13.3. The summed E-state index contributed by atoms with van der Waals surface area (Å²) in [5.41, 5.74) is 1.93. The zero-order valence-corrected chi connectivity index (χ0v) is 11.1. The molecule has 2 rings (SSSR count). The number of rotatable bonds is 4. The standard InChI is InChI=1S/C14H10ClN3O2/c15-13-3-1-2-11(8-16)14(13)17-9-10-4-6-12(7-5-10)18(19)20/h1-7,17H,9H2. The number of non-ortho nitro benzene ring substituents is 1. The molecule has 0 amide bonds. The number of benzene rings is 2. The molecule has 0 aliphatic heterocycles. The predicted octanol–water partition coefficient (Wildman–Crippen LogP) is 3.73. The largest absolute Gasteiger partial charge is 0.379 e. The molecule has 0 aliphatic carbocycles. The summed E-state index contributed by atoms with van der Waals surface area (Å²) < 4.78 is 0. The Labute approximate surface area is 120 Å². The van der Waals surface area contributed by atoms with Gasteiger partial charge in [-0.05, 0) is 17.7 Å². The average Bonchev–Trinajstić information content (AvgIpc) is 2.46. The second kappa shape index (κ2) is 6.04. The number of para-hydroxylation sites is 1. The fraction of sp³-hybridized carbons (Fsp3) is 0.0714. The molecule has 5 nitrogen and oxygen atoms in total. The normalized spacial score (nSPS) is 9.80. The van der Waals surface area contributed by atoms with Crippen molar-refractivity contribution in [2.75, 3.05) is 5.32 Å². The quantitative estimate of drug-likeness (QED) is 0.686.